The largest absolute Gasteiger partial charge is 0.480 e. The minimum Gasteiger partial charge on any atom is -0.480 e. The van der Waals surface area contributed by atoms with Crippen LogP contribution >= 0.6 is 0 Å². The molecule has 0 radical (unpaired) electrons. The molecule has 9 heteroatoms. The van der Waals surface area contributed by atoms with Crippen molar-refractivity contribution in [2.75, 3.05) is 13.2 Å². The van der Waals surface area contributed by atoms with Crippen molar-refractivity contribution in [3.05, 3.63) is 47.8 Å². The molecule has 1 saturated heterocycles. The van der Waals surface area contributed by atoms with Gasteiger partial charge in [0.05, 0.1) is 5.69 Å². The molecule has 2 heterocycles. The minimum atomic E-state index is -0.999. The van der Waals surface area contributed by atoms with Crippen LogP contribution in [0.15, 0.2) is 36.5 Å². The van der Waals surface area contributed by atoms with Gasteiger partial charge in [0.15, 0.2) is 0 Å². The molecule has 0 spiro atoms. The van der Waals surface area contributed by atoms with E-state index in [1.807, 2.05) is 26.1 Å². The summed E-state index contributed by atoms with van der Waals surface area (Å²) >= 11 is 0. The van der Waals surface area contributed by atoms with Gasteiger partial charge in [0.2, 0.25) is 5.91 Å². The molecule has 38 heavy (non-hydrogen) atoms. The third kappa shape index (κ3) is 8.10. The number of rotatable bonds is 12. The Hall–Kier alpha value is -3.30. The number of fused-ring (bicyclic) bond motifs is 1. The van der Waals surface area contributed by atoms with Crippen LogP contribution in [0.5, 0.6) is 0 Å². The van der Waals surface area contributed by atoms with Gasteiger partial charge in [0.25, 0.3) is 5.91 Å². The molecule has 2 aromatic rings. The van der Waals surface area contributed by atoms with Gasteiger partial charge in [-0.2, -0.15) is 0 Å². The summed E-state index contributed by atoms with van der Waals surface area (Å²) < 4.78 is 5.90. The summed E-state index contributed by atoms with van der Waals surface area (Å²) in [5, 5.41) is 15.5. The molecule has 3 atom stereocenters. The number of allylic oxidation sites excluding steroid dienone is 1. The summed E-state index contributed by atoms with van der Waals surface area (Å²) in [4.78, 5) is 41.4. The number of nitrogens with zero attached hydrogens (tertiary/aromatic N) is 2. The first-order valence-corrected chi connectivity index (χ1v) is 13.5. The second kappa shape index (κ2) is 14.0. The fraction of sp³-hybridized carbons (Fsp3) is 0.517. The summed E-state index contributed by atoms with van der Waals surface area (Å²) in [5.41, 5.74) is 4.93. The van der Waals surface area contributed by atoms with Gasteiger partial charge in [-0.15, -0.1) is 0 Å². The predicted molar refractivity (Wildman–Crippen MR) is 147 cm³/mol. The van der Waals surface area contributed by atoms with Gasteiger partial charge in [-0.05, 0) is 68.0 Å². The number of carbonyl (C=O) groups is 3. The molecule has 1 aromatic heterocycles. The molecule has 2 amide bonds. The first kappa shape index (κ1) is 29.3. The highest BCUT2D eigenvalue weighted by molar-refractivity contribution is 5.89. The first-order valence-electron chi connectivity index (χ1n) is 13.5. The summed E-state index contributed by atoms with van der Waals surface area (Å²) in [6.07, 6.45) is 8.81. The number of aromatic nitrogens is 1. The molecule has 1 aliphatic rings. The third-order valence-corrected chi connectivity index (χ3v) is 6.66. The predicted octanol–water partition coefficient (Wildman–Crippen LogP) is 3.72. The van der Waals surface area contributed by atoms with Gasteiger partial charge < -0.3 is 15.2 Å². The van der Waals surface area contributed by atoms with E-state index in [4.69, 9.17) is 4.74 Å². The van der Waals surface area contributed by atoms with Crippen LogP contribution in [-0.4, -0.2) is 64.2 Å². The highest BCUT2D eigenvalue weighted by Crippen LogP contribution is 2.18. The summed E-state index contributed by atoms with van der Waals surface area (Å²) in [7, 11) is 0. The number of carboxylic acids is 1. The van der Waals surface area contributed by atoms with E-state index in [9.17, 15) is 19.5 Å². The van der Waals surface area contributed by atoms with Crippen molar-refractivity contribution in [3.63, 3.8) is 0 Å². The van der Waals surface area contributed by atoms with Crippen molar-refractivity contribution in [1.29, 1.82) is 0 Å². The van der Waals surface area contributed by atoms with Gasteiger partial charge in [0, 0.05) is 24.7 Å². The van der Waals surface area contributed by atoms with Crippen molar-refractivity contribution in [2.24, 2.45) is 5.92 Å². The molecule has 3 rings (SSSR count). The maximum atomic E-state index is 12.9. The Morgan fingerprint density at radius 1 is 1.24 bits per heavy atom. The summed E-state index contributed by atoms with van der Waals surface area (Å²) in [6.45, 7) is 8.34. The molecule has 3 N–H and O–H groups in total. The zero-order chi connectivity index (χ0) is 27.7. The van der Waals surface area contributed by atoms with Crippen LogP contribution in [0, 0.1) is 5.92 Å². The standard InChI is InChI=1S/C29H40N4O5/c1-5-21-12-13-22-18-30-24(17-23(22)16-21)10-7-6-8-15-38-26(19(2)3)27(34)31-20(4)28(35)33-14-9-11-25(32-33)29(36)37/h7,10,12-13,16-20,25-26,32H,5-6,8-9,11,14-15H2,1-4H3,(H,31,34)(H,36,37)/b10-7+/t20?,25-,26?/m0/s1. The number of amides is 2. The SMILES string of the molecule is CCc1ccc2cnc(/C=C/CCCOC(C(=O)NC(C)C(=O)N3CCC[C@@H](C(=O)O)N3)C(C)C)cc2c1. The van der Waals surface area contributed by atoms with Gasteiger partial charge >= 0.3 is 5.97 Å². The number of carboxylic acid groups (broad SMARTS) is 1. The monoisotopic (exact) mass is 524 g/mol. The maximum absolute atomic E-state index is 12.9. The van der Waals surface area contributed by atoms with Crippen LogP contribution < -0.4 is 10.7 Å². The molecule has 1 aromatic carbocycles. The van der Waals surface area contributed by atoms with Crippen LogP contribution in [0.25, 0.3) is 16.8 Å². The van der Waals surface area contributed by atoms with Gasteiger partial charge in [-0.3, -0.25) is 24.4 Å². The molecule has 1 aliphatic heterocycles. The lowest BCUT2D eigenvalue weighted by molar-refractivity contribution is -0.149. The number of hydrogen-bond acceptors (Lipinski definition) is 6. The number of hydrogen-bond donors (Lipinski definition) is 3. The number of hydrazine groups is 1. The quantitative estimate of drug-likeness (QED) is 0.362. The van der Waals surface area contributed by atoms with E-state index in [1.165, 1.54) is 16.0 Å². The normalized spacial score (nSPS) is 17.6. The van der Waals surface area contributed by atoms with Crippen molar-refractivity contribution < 1.29 is 24.2 Å². The molecule has 206 valence electrons. The van der Waals surface area contributed by atoms with E-state index in [0.717, 1.165) is 30.3 Å². The Bertz CT molecular complexity index is 1150. The number of ether oxygens (including phenoxy) is 1. The van der Waals surface area contributed by atoms with E-state index in [1.54, 1.807) is 6.92 Å². The lowest BCUT2D eigenvalue weighted by atomic mass is 10.1. The average molecular weight is 525 g/mol. The van der Waals surface area contributed by atoms with Crippen molar-refractivity contribution in [3.8, 4) is 0 Å². The molecular formula is C29H40N4O5. The Labute approximate surface area is 224 Å². The number of aryl methyl sites for hydroxylation is 1. The number of carbonyl (C=O) groups excluding carboxylic acids is 2. The zero-order valence-corrected chi connectivity index (χ0v) is 22.8. The molecule has 9 nitrogen and oxygen atoms in total. The van der Waals surface area contributed by atoms with Gasteiger partial charge in [0.1, 0.15) is 18.2 Å². The van der Waals surface area contributed by atoms with Crippen molar-refractivity contribution >= 4 is 34.6 Å². The second-order valence-electron chi connectivity index (χ2n) is 10.1. The van der Waals surface area contributed by atoms with Gasteiger partial charge in [-0.25, -0.2) is 5.43 Å². The van der Waals surface area contributed by atoms with Crippen LogP contribution in [0.2, 0.25) is 0 Å². The Morgan fingerprint density at radius 2 is 2.03 bits per heavy atom. The molecular weight excluding hydrogens is 484 g/mol. The average Bonchev–Trinajstić information content (AvgIpc) is 2.91. The molecule has 0 aliphatic carbocycles. The number of pyridine rings is 1. The van der Waals surface area contributed by atoms with Gasteiger partial charge in [-0.1, -0.05) is 45.0 Å². The fourth-order valence-electron chi connectivity index (χ4n) is 4.42. The van der Waals surface area contributed by atoms with Crippen LogP contribution in [0.4, 0.5) is 0 Å². The lowest BCUT2D eigenvalue weighted by Crippen LogP contribution is -2.59. The Balaban J connectivity index is 1.45. The number of nitrogens with one attached hydrogen (secondary N) is 2. The number of aliphatic carboxylic acids is 1. The molecule has 1 fully saturated rings. The zero-order valence-electron chi connectivity index (χ0n) is 22.8. The minimum absolute atomic E-state index is 0.0767. The van der Waals surface area contributed by atoms with E-state index in [0.29, 0.717) is 26.0 Å². The third-order valence-electron chi connectivity index (χ3n) is 6.66. The number of unbranched alkanes of at least 4 members (excludes halogenated alkanes) is 1. The summed E-state index contributed by atoms with van der Waals surface area (Å²) in [6, 6.07) is 6.91. The highest BCUT2D eigenvalue weighted by atomic mass is 16.5. The summed E-state index contributed by atoms with van der Waals surface area (Å²) in [5.74, 6) is -1.80. The van der Waals surface area contributed by atoms with Crippen LogP contribution in [-0.2, 0) is 25.5 Å². The van der Waals surface area contributed by atoms with Crippen molar-refractivity contribution in [2.45, 2.75) is 78.0 Å². The molecule has 0 bridgehead atoms. The first-order chi connectivity index (χ1) is 18.2. The van der Waals surface area contributed by atoms with E-state index >= 15 is 0 Å². The molecule has 2 unspecified atom stereocenters. The smallest absolute Gasteiger partial charge is 0.322 e. The second-order valence-corrected chi connectivity index (χ2v) is 10.1. The van der Waals surface area contributed by atoms with E-state index in [-0.39, 0.29) is 17.7 Å². The van der Waals surface area contributed by atoms with Crippen molar-refractivity contribution in [1.82, 2.24) is 20.7 Å². The Morgan fingerprint density at radius 3 is 2.74 bits per heavy atom. The Kier molecular flexibility index (Phi) is 10.8. The topological polar surface area (TPSA) is 121 Å². The van der Waals surface area contributed by atoms with Crippen LogP contribution in [0.1, 0.15) is 64.6 Å². The highest BCUT2D eigenvalue weighted by Gasteiger charge is 2.32. The van der Waals surface area contributed by atoms with E-state index < -0.39 is 24.2 Å². The van der Waals surface area contributed by atoms with E-state index in [2.05, 4.69) is 53.0 Å². The fourth-order valence-corrected chi connectivity index (χ4v) is 4.42. The molecule has 0 saturated carbocycles. The lowest BCUT2D eigenvalue weighted by Gasteiger charge is -2.34. The maximum Gasteiger partial charge on any atom is 0.322 e. The number of benzene rings is 1. The van der Waals surface area contributed by atoms with Crippen LogP contribution in [0.3, 0.4) is 0 Å².